The van der Waals surface area contributed by atoms with E-state index >= 15 is 0 Å². The summed E-state index contributed by atoms with van der Waals surface area (Å²) in [6.07, 6.45) is 2.13. The van der Waals surface area contributed by atoms with Gasteiger partial charge in [-0.2, -0.15) is 0 Å². The molecule has 0 unspecified atom stereocenters. The number of piperazine rings is 1. The zero-order valence-electron chi connectivity index (χ0n) is 10.7. The fourth-order valence-corrected chi connectivity index (χ4v) is 2.77. The molecule has 0 saturated carbocycles. The van der Waals surface area contributed by atoms with E-state index in [9.17, 15) is 5.11 Å². The molecule has 0 atom stereocenters. The fraction of sp³-hybridized carbons (Fsp3) is 0.429. The van der Waals surface area contributed by atoms with Gasteiger partial charge in [0.2, 0.25) is 0 Å². The molecule has 3 rings (SSSR count). The first-order valence-corrected chi connectivity index (χ1v) is 6.44. The lowest BCUT2D eigenvalue weighted by molar-refractivity contribution is 0.234. The topological polar surface area (TPSA) is 40.4 Å². The predicted octanol–water partition coefficient (Wildman–Crippen LogP) is 1.29. The van der Waals surface area contributed by atoms with Crippen molar-refractivity contribution in [3.05, 3.63) is 30.0 Å². The first-order chi connectivity index (χ1) is 8.75. The van der Waals surface area contributed by atoms with Crippen molar-refractivity contribution < 1.29 is 5.11 Å². The minimum atomic E-state index is 0.363. The third-order valence-electron chi connectivity index (χ3n) is 3.67. The molecule has 96 valence electrons. The summed E-state index contributed by atoms with van der Waals surface area (Å²) in [6.45, 7) is 5.28. The Hall–Kier alpha value is -1.52. The Morgan fingerprint density at radius 3 is 2.83 bits per heavy atom. The van der Waals surface area contributed by atoms with Gasteiger partial charge in [0.05, 0.1) is 5.52 Å². The number of para-hydroxylation sites is 1. The highest BCUT2D eigenvalue weighted by molar-refractivity contribution is 5.88. The lowest BCUT2D eigenvalue weighted by Gasteiger charge is -2.26. The van der Waals surface area contributed by atoms with Crippen LogP contribution in [0.25, 0.3) is 10.9 Å². The molecule has 0 spiro atoms. The van der Waals surface area contributed by atoms with Gasteiger partial charge in [0.15, 0.2) is 0 Å². The number of fused-ring (bicyclic) bond motifs is 1. The Bertz CT molecular complexity index is 555. The summed E-state index contributed by atoms with van der Waals surface area (Å²) >= 11 is 0. The summed E-state index contributed by atoms with van der Waals surface area (Å²) in [4.78, 5) is 2.45. The maximum Gasteiger partial charge on any atom is 0.139 e. The van der Waals surface area contributed by atoms with E-state index < -0.39 is 0 Å². The molecule has 0 amide bonds. The van der Waals surface area contributed by atoms with Crippen molar-refractivity contribution in [2.75, 3.05) is 26.2 Å². The van der Waals surface area contributed by atoms with Crippen LogP contribution in [0.4, 0.5) is 0 Å². The number of aryl methyl sites for hydroxylation is 1. The van der Waals surface area contributed by atoms with Crippen LogP contribution in [0, 0.1) is 0 Å². The molecule has 0 bridgehead atoms. The number of nitrogens with zero attached hydrogens (tertiary/aromatic N) is 2. The molecule has 1 aromatic carbocycles. The highest BCUT2D eigenvalue weighted by Gasteiger charge is 2.14. The molecular weight excluding hydrogens is 226 g/mol. The molecule has 0 aliphatic carbocycles. The Morgan fingerprint density at radius 1 is 1.28 bits per heavy atom. The molecular formula is C14H19N3O. The lowest BCUT2D eigenvalue weighted by Crippen LogP contribution is -2.42. The van der Waals surface area contributed by atoms with Crippen molar-refractivity contribution in [3.63, 3.8) is 0 Å². The average molecular weight is 245 g/mol. The molecule has 0 radical (unpaired) electrons. The number of phenolic OH excluding ortho intramolecular Hbond substituents is 1. The number of nitrogens with one attached hydrogen (secondary N) is 1. The van der Waals surface area contributed by atoms with Gasteiger partial charge in [-0.3, -0.25) is 4.90 Å². The summed E-state index contributed by atoms with van der Waals surface area (Å²) in [7, 11) is 1.99. The van der Waals surface area contributed by atoms with Gasteiger partial charge in [-0.1, -0.05) is 12.1 Å². The molecule has 1 aliphatic rings. The van der Waals surface area contributed by atoms with Crippen molar-refractivity contribution in [2.45, 2.75) is 6.54 Å². The summed E-state index contributed by atoms with van der Waals surface area (Å²) in [5, 5.41) is 14.5. The number of phenols is 1. The summed E-state index contributed by atoms with van der Waals surface area (Å²) in [6, 6.07) is 5.75. The van der Waals surface area contributed by atoms with E-state index in [0.29, 0.717) is 5.75 Å². The van der Waals surface area contributed by atoms with E-state index in [4.69, 9.17) is 0 Å². The lowest BCUT2D eigenvalue weighted by atomic mass is 10.1. The Labute approximate surface area is 107 Å². The molecule has 1 aromatic heterocycles. The molecule has 4 heteroatoms. The average Bonchev–Trinajstić information content (AvgIpc) is 2.69. The first-order valence-electron chi connectivity index (χ1n) is 6.44. The molecule has 1 fully saturated rings. The summed E-state index contributed by atoms with van der Waals surface area (Å²) in [5.74, 6) is 0.363. The number of hydrogen-bond donors (Lipinski definition) is 2. The van der Waals surface area contributed by atoms with E-state index in [2.05, 4.69) is 22.5 Å². The van der Waals surface area contributed by atoms with Crippen LogP contribution in [0.1, 0.15) is 5.56 Å². The van der Waals surface area contributed by atoms with Gasteiger partial charge in [-0.05, 0) is 11.6 Å². The zero-order chi connectivity index (χ0) is 12.5. The second-order valence-corrected chi connectivity index (χ2v) is 4.96. The van der Waals surface area contributed by atoms with E-state index in [0.717, 1.165) is 43.6 Å². The van der Waals surface area contributed by atoms with E-state index in [1.165, 1.54) is 5.56 Å². The molecule has 1 saturated heterocycles. The Balaban J connectivity index is 1.94. The van der Waals surface area contributed by atoms with Gasteiger partial charge < -0.3 is 15.0 Å². The largest absolute Gasteiger partial charge is 0.506 e. The van der Waals surface area contributed by atoms with Gasteiger partial charge >= 0.3 is 0 Å². The summed E-state index contributed by atoms with van der Waals surface area (Å²) in [5.41, 5.74) is 2.23. The maximum absolute atomic E-state index is 9.93. The van der Waals surface area contributed by atoms with Gasteiger partial charge in [0.25, 0.3) is 0 Å². The van der Waals surface area contributed by atoms with Crippen LogP contribution in [0.15, 0.2) is 24.4 Å². The van der Waals surface area contributed by atoms with E-state index in [-0.39, 0.29) is 0 Å². The normalized spacial score (nSPS) is 17.4. The van der Waals surface area contributed by atoms with Crippen LogP contribution < -0.4 is 5.32 Å². The minimum absolute atomic E-state index is 0.363. The van der Waals surface area contributed by atoms with Crippen molar-refractivity contribution in [3.8, 4) is 5.75 Å². The predicted molar refractivity (Wildman–Crippen MR) is 72.7 cm³/mol. The monoisotopic (exact) mass is 245 g/mol. The van der Waals surface area contributed by atoms with Crippen LogP contribution in [0.3, 0.4) is 0 Å². The second kappa shape index (κ2) is 4.63. The Morgan fingerprint density at radius 2 is 2.06 bits per heavy atom. The number of hydrogen-bond acceptors (Lipinski definition) is 3. The highest BCUT2D eigenvalue weighted by atomic mass is 16.3. The molecule has 2 N–H and O–H groups in total. The van der Waals surface area contributed by atoms with E-state index in [1.54, 1.807) is 6.07 Å². The van der Waals surface area contributed by atoms with Gasteiger partial charge in [0, 0.05) is 51.4 Å². The SMILES string of the molecule is Cn1cc(CN2CCNCC2)c2cccc(O)c21. The first kappa shape index (κ1) is 11.6. The molecule has 2 heterocycles. The molecule has 4 nitrogen and oxygen atoms in total. The molecule has 1 aliphatic heterocycles. The Kier molecular flexibility index (Phi) is 2.97. The quantitative estimate of drug-likeness (QED) is 0.837. The highest BCUT2D eigenvalue weighted by Crippen LogP contribution is 2.28. The van der Waals surface area contributed by atoms with Crippen LogP contribution in [-0.2, 0) is 13.6 Å². The van der Waals surface area contributed by atoms with Crippen LogP contribution >= 0.6 is 0 Å². The summed E-state index contributed by atoms with van der Waals surface area (Å²) < 4.78 is 2.02. The van der Waals surface area contributed by atoms with Crippen LogP contribution in [-0.4, -0.2) is 40.8 Å². The second-order valence-electron chi connectivity index (χ2n) is 4.96. The molecule has 18 heavy (non-hydrogen) atoms. The van der Waals surface area contributed by atoms with Crippen molar-refractivity contribution >= 4 is 10.9 Å². The number of aromatic hydroxyl groups is 1. The van der Waals surface area contributed by atoms with Crippen molar-refractivity contribution in [2.24, 2.45) is 7.05 Å². The van der Waals surface area contributed by atoms with E-state index in [1.807, 2.05) is 17.7 Å². The standard InChI is InChI=1S/C14H19N3O/c1-16-9-11(10-17-7-5-15-6-8-17)12-3-2-4-13(18)14(12)16/h2-4,9,15,18H,5-8,10H2,1H3. The molecule has 2 aromatic rings. The van der Waals surface area contributed by atoms with Gasteiger partial charge in [-0.25, -0.2) is 0 Å². The minimum Gasteiger partial charge on any atom is -0.506 e. The van der Waals surface area contributed by atoms with Crippen LogP contribution in [0.5, 0.6) is 5.75 Å². The fourth-order valence-electron chi connectivity index (χ4n) is 2.77. The third-order valence-corrected chi connectivity index (χ3v) is 3.67. The smallest absolute Gasteiger partial charge is 0.139 e. The number of benzene rings is 1. The zero-order valence-corrected chi connectivity index (χ0v) is 10.7. The van der Waals surface area contributed by atoms with Crippen molar-refractivity contribution in [1.29, 1.82) is 0 Å². The number of rotatable bonds is 2. The van der Waals surface area contributed by atoms with Crippen molar-refractivity contribution in [1.82, 2.24) is 14.8 Å². The van der Waals surface area contributed by atoms with Crippen LogP contribution in [0.2, 0.25) is 0 Å². The third kappa shape index (κ3) is 1.98. The maximum atomic E-state index is 9.93. The number of aromatic nitrogens is 1. The van der Waals surface area contributed by atoms with Gasteiger partial charge in [-0.15, -0.1) is 0 Å². The van der Waals surface area contributed by atoms with Gasteiger partial charge in [0.1, 0.15) is 5.75 Å².